The Morgan fingerprint density at radius 3 is 2.46 bits per heavy atom. The molecule has 0 saturated heterocycles. The first-order valence-electron chi connectivity index (χ1n) is 12.3. The lowest BCUT2D eigenvalue weighted by Gasteiger charge is -2.19. The Morgan fingerprint density at radius 2 is 1.74 bits per heavy atom. The van der Waals surface area contributed by atoms with Gasteiger partial charge in [-0.25, -0.2) is 9.78 Å². The van der Waals surface area contributed by atoms with Gasteiger partial charge < -0.3 is 14.0 Å². The monoisotopic (exact) mass is 470 g/mol. The number of aromatic nitrogens is 2. The number of rotatable bonds is 7. The molecule has 0 bridgehead atoms. The average Bonchev–Trinajstić information content (AvgIpc) is 3.13. The van der Waals surface area contributed by atoms with Gasteiger partial charge in [0.2, 0.25) is 0 Å². The molecule has 0 atom stereocenters. The van der Waals surface area contributed by atoms with Gasteiger partial charge in [0.15, 0.2) is 0 Å². The SMILES string of the molecule is CCCCc1nc2cc(C)ccc2n1Cc1ccc(-c2ccccc2OC(=O)OC(C)(C)C)cc1. The summed E-state index contributed by atoms with van der Waals surface area (Å²) in [5.41, 5.74) is 5.85. The first-order chi connectivity index (χ1) is 16.7. The fourth-order valence-electron chi connectivity index (χ4n) is 4.12. The van der Waals surface area contributed by atoms with Crippen molar-refractivity contribution < 1.29 is 14.3 Å². The van der Waals surface area contributed by atoms with E-state index in [0.717, 1.165) is 48.3 Å². The molecule has 1 heterocycles. The highest BCUT2D eigenvalue weighted by Gasteiger charge is 2.19. The number of para-hydroxylation sites is 1. The number of carbonyl (C=O) groups excluding carboxylic acids is 1. The minimum atomic E-state index is -0.705. The number of imidazole rings is 1. The predicted molar refractivity (Wildman–Crippen MR) is 141 cm³/mol. The molecule has 3 aromatic carbocycles. The number of aryl methyl sites for hydroxylation is 2. The molecule has 182 valence electrons. The van der Waals surface area contributed by atoms with E-state index >= 15 is 0 Å². The molecule has 0 radical (unpaired) electrons. The molecule has 0 N–H and O–H groups in total. The normalized spacial score (nSPS) is 11.6. The van der Waals surface area contributed by atoms with E-state index in [0.29, 0.717) is 5.75 Å². The van der Waals surface area contributed by atoms with Gasteiger partial charge in [0.25, 0.3) is 0 Å². The minimum absolute atomic E-state index is 0.479. The Kier molecular flexibility index (Phi) is 7.25. The highest BCUT2D eigenvalue weighted by Crippen LogP contribution is 2.31. The topological polar surface area (TPSA) is 53.4 Å². The Labute approximate surface area is 207 Å². The number of benzene rings is 3. The first kappa shape index (κ1) is 24.5. The van der Waals surface area contributed by atoms with E-state index in [4.69, 9.17) is 14.5 Å². The molecular formula is C30H34N2O3. The summed E-state index contributed by atoms with van der Waals surface area (Å²) < 4.78 is 13.2. The molecule has 5 heteroatoms. The Hall–Kier alpha value is -3.60. The Bertz CT molecular complexity index is 1310. The molecule has 0 aliphatic carbocycles. The number of unbranched alkanes of at least 4 members (excludes halogenated alkanes) is 1. The van der Waals surface area contributed by atoms with Gasteiger partial charge in [-0.1, -0.05) is 61.9 Å². The number of ether oxygens (including phenoxy) is 2. The van der Waals surface area contributed by atoms with Crippen LogP contribution in [0.25, 0.3) is 22.2 Å². The van der Waals surface area contributed by atoms with Crippen molar-refractivity contribution in [1.29, 1.82) is 0 Å². The molecule has 4 rings (SSSR count). The van der Waals surface area contributed by atoms with Crippen molar-refractivity contribution in [2.24, 2.45) is 0 Å². The van der Waals surface area contributed by atoms with Crippen molar-refractivity contribution >= 4 is 17.2 Å². The van der Waals surface area contributed by atoms with E-state index in [1.807, 2.05) is 39.0 Å². The summed E-state index contributed by atoms with van der Waals surface area (Å²) in [7, 11) is 0. The van der Waals surface area contributed by atoms with Gasteiger partial charge in [-0.3, -0.25) is 0 Å². The summed E-state index contributed by atoms with van der Waals surface area (Å²) in [5.74, 6) is 1.61. The summed E-state index contributed by atoms with van der Waals surface area (Å²) in [6.07, 6.45) is 2.53. The number of nitrogens with zero attached hydrogens (tertiary/aromatic N) is 2. The van der Waals surface area contributed by atoms with Gasteiger partial charge in [0, 0.05) is 18.5 Å². The number of hydrogen-bond donors (Lipinski definition) is 0. The van der Waals surface area contributed by atoms with E-state index in [2.05, 4.69) is 60.9 Å². The maximum atomic E-state index is 12.2. The summed E-state index contributed by atoms with van der Waals surface area (Å²) in [6, 6.07) is 22.4. The maximum absolute atomic E-state index is 12.2. The van der Waals surface area contributed by atoms with Crippen LogP contribution in [-0.2, 0) is 17.7 Å². The van der Waals surface area contributed by atoms with Crippen LogP contribution in [0.15, 0.2) is 66.7 Å². The predicted octanol–water partition coefficient (Wildman–Crippen LogP) is 7.72. The number of carbonyl (C=O) groups is 1. The largest absolute Gasteiger partial charge is 0.514 e. The lowest BCUT2D eigenvalue weighted by molar-refractivity contribution is 0.0207. The molecule has 0 aliphatic rings. The van der Waals surface area contributed by atoms with Gasteiger partial charge in [0.1, 0.15) is 17.2 Å². The molecular weight excluding hydrogens is 436 g/mol. The van der Waals surface area contributed by atoms with Crippen LogP contribution < -0.4 is 4.74 Å². The molecule has 35 heavy (non-hydrogen) atoms. The van der Waals surface area contributed by atoms with Crippen molar-refractivity contribution in [2.75, 3.05) is 0 Å². The van der Waals surface area contributed by atoms with Crippen LogP contribution in [0.4, 0.5) is 4.79 Å². The zero-order chi connectivity index (χ0) is 25.0. The zero-order valence-corrected chi connectivity index (χ0v) is 21.3. The second kappa shape index (κ2) is 10.3. The van der Waals surface area contributed by atoms with Gasteiger partial charge in [-0.05, 0) is 69.0 Å². The molecule has 0 spiro atoms. The third kappa shape index (κ3) is 6.10. The third-order valence-electron chi connectivity index (χ3n) is 5.81. The van der Waals surface area contributed by atoms with E-state index in [1.165, 1.54) is 16.6 Å². The second-order valence-electron chi connectivity index (χ2n) is 9.97. The quantitative estimate of drug-likeness (QED) is 0.205. The van der Waals surface area contributed by atoms with Crippen LogP contribution in [0.2, 0.25) is 0 Å². The fourth-order valence-corrected chi connectivity index (χ4v) is 4.12. The molecule has 1 aromatic heterocycles. The third-order valence-corrected chi connectivity index (χ3v) is 5.81. The van der Waals surface area contributed by atoms with Crippen LogP contribution in [0.1, 0.15) is 57.5 Å². The van der Waals surface area contributed by atoms with Crippen LogP contribution >= 0.6 is 0 Å². The van der Waals surface area contributed by atoms with E-state index in [9.17, 15) is 4.79 Å². The molecule has 0 amide bonds. The van der Waals surface area contributed by atoms with Crippen LogP contribution in [0, 0.1) is 6.92 Å². The number of fused-ring (bicyclic) bond motifs is 1. The molecule has 4 aromatic rings. The first-order valence-corrected chi connectivity index (χ1v) is 12.3. The highest BCUT2D eigenvalue weighted by atomic mass is 16.7. The van der Waals surface area contributed by atoms with E-state index in [-0.39, 0.29) is 0 Å². The van der Waals surface area contributed by atoms with Gasteiger partial charge >= 0.3 is 6.16 Å². The smallest absolute Gasteiger partial charge is 0.428 e. The van der Waals surface area contributed by atoms with Crippen molar-refractivity contribution in [1.82, 2.24) is 9.55 Å². The maximum Gasteiger partial charge on any atom is 0.514 e. The molecule has 5 nitrogen and oxygen atoms in total. The Balaban J connectivity index is 1.58. The van der Waals surface area contributed by atoms with Crippen LogP contribution in [-0.4, -0.2) is 21.3 Å². The minimum Gasteiger partial charge on any atom is -0.428 e. The molecule has 0 unspecified atom stereocenters. The van der Waals surface area contributed by atoms with Gasteiger partial charge in [0.05, 0.1) is 11.0 Å². The zero-order valence-electron chi connectivity index (χ0n) is 21.3. The van der Waals surface area contributed by atoms with Crippen molar-refractivity contribution in [3.8, 4) is 16.9 Å². The Morgan fingerprint density at radius 1 is 1.00 bits per heavy atom. The van der Waals surface area contributed by atoms with E-state index in [1.54, 1.807) is 6.07 Å². The molecule has 0 saturated carbocycles. The van der Waals surface area contributed by atoms with Crippen molar-refractivity contribution in [3.63, 3.8) is 0 Å². The summed E-state index contributed by atoms with van der Waals surface area (Å²) in [6.45, 7) is 10.5. The van der Waals surface area contributed by atoms with Crippen LogP contribution in [0.3, 0.4) is 0 Å². The average molecular weight is 471 g/mol. The van der Waals surface area contributed by atoms with Crippen molar-refractivity contribution in [3.05, 3.63) is 83.7 Å². The molecule has 0 aliphatic heterocycles. The van der Waals surface area contributed by atoms with E-state index < -0.39 is 11.8 Å². The van der Waals surface area contributed by atoms with Crippen molar-refractivity contribution in [2.45, 2.75) is 66.0 Å². The number of hydrogen-bond acceptors (Lipinski definition) is 4. The summed E-state index contributed by atoms with van der Waals surface area (Å²) in [4.78, 5) is 17.2. The molecule has 0 fully saturated rings. The standard InChI is InChI=1S/C30H34N2O3/c1-6-7-12-28-31-25-19-21(2)13-18-26(25)32(28)20-22-14-16-23(17-15-22)24-10-8-9-11-27(24)34-29(33)35-30(3,4)5/h8-11,13-19H,6-7,12,20H2,1-5H3. The van der Waals surface area contributed by atoms with Gasteiger partial charge in [-0.2, -0.15) is 0 Å². The van der Waals surface area contributed by atoms with Crippen LogP contribution in [0.5, 0.6) is 5.75 Å². The van der Waals surface area contributed by atoms with Gasteiger partial charge in [-0.15, -0.1) is 0 Å². The summed E-state index contributed by atoms with van der Waals surface area (Å²) >= 11 is 0. The lowest BCUT2D eigenvalue weighted by atomic mass is 10.0. The lowest BCUT2D eigenvalue weighted by Crippen LogP contribution is -2.26. The fraction of sp³-hybridized carbons (Fsp3) is 0.333. The highest BCUT2D eigenvalue weighted by molar-refractivity contribution is 5.77. The summed E-state index contributed by atoms with van der Waals surface area (Å²) in [5, 5.41) is 0. The second-order valence-corrected chi connectivity index (χ2v) is 9.97.